The summed E-state index contributed by atoms with van der Waals surface area (Å²) in [4.78, 5) is 27.8. The highest BCUT2D eigenvalue weighted by Crippen LogP contribution is 2.37. The SMILES string of the molecule is Cc1csc(CNC(=O)c2sc3ncnc(NC4CCCc5ccccc54)c3c2C)n1. The number of thiazole rings is 1. The molecule has 5 rings (SSSR count). The Bertz CT molecular complexity index is 1260. The molecule has 158 valence electrons. The van der Waals surface area contributed by atoms with Gasteiger partial charge in [0.05, 0.1) is 22.8 Å². The molecular formula is C23H23N5OS2. The van der Waals surface area contributed by atoms with Crippen LogP contribution in [0.2, 0.25) is 0 Å². The number of thiophene rings is 1. The molecule has 0 spiro atoms. The van der Waals surface area contributed by atoms with E-state index < -0.39 is 0 Å². The number of amides is 1. The first-order valence-electron chi connectivity index (χ1n) is 10.4. The number of benzene rings is 1. The summed E-state index contributed by atoms with van der Waals surface area (Å²) in [6.45, 7) is 4.36. The maximum atomic E-state index is 12.9. The summed E-state index contributed by atoms with van der Waals surface area (Å²) in [5, 5.41) is 10.5. The molecule has 1 amide bonds. The van der Waals surface area contributed by atoms with Crippen LogP contribution < -0.4 is 10.6 Å². The van der Waals surface area contributed by atoms with Crippen molar-refractivity contribution >= 4 is 44.6 Å². The smallest absolute Gasteiger partial charge is 0.262 e. The van der Waals surface area contributed by atoms with Crippen LogP contribution >= 0.6 is 22.7 Å². The second kappa shape index (κ2) is 8.36. The Morgan fingerprint density at radius 2 is 2.10 bits per heavy atom. The molecule has 1 aromatic carbocycles. The van der Waals surface area contributed by atoms with Gasteiger partial charge in [-0.1, -0.05) is 24.3 Å². The lowest BCUT2D eigenvalue weighted by Gasteiger charge is -2.27. The lowest BCUT2D eigenvalue weighted by molar-refractivity contribution is 0.0954. The zero-order valence-corrected chi connectivity index (χ0v) is 19.1. The number of fused-ring (bicyclic) bond motifs is 2. The molecule has 0 saturated heterocycles. The van der Waals surface area contributed by atoms with Gasteiger partial charge in [0.15, 0.2) is 0 Å². The van der Waals surface area contributed by atoms with E-state index in [2.05, 4.69) is 49.9 Å². The Morgan fingerprint density at radius 3 is 2.94 bits per heavy atom. The molecule has 6 nitrogen and oxygen atoms in total. The number of nitrogens with zero attached hydrogens (tertiary/aromatic N) is 3. The highest BCUT2D eigenvalue weighted by molar-refractivity contribution is 7.20. The molecule has 1 atom stereocenters. The van der Waals surface area contributed by atoms with Crippen LogP contribution in [-0.4, -0.2) is 20.9 Å². The van der Waals surface area contributed by atoms with Crippen LogP contribution in [0.3, 0.4) is 0 Å². The lowest BCUT2D eigenvalue weighted by atomic mass is 9.87. The van der Waals surface area contributed by atoms with Crippen molar-refractivity contribution < 1.29 is 4.79 Å². The average molecular weight is 450 g/mol. The number of aryl methyl sites for hydroxylation is 3. The van der Waals surface area contributed by atoms with Gasteiger partial charge in [0.25, 0.3) is 5.91 Å². The van der Waals surface area contributed by atoms with Gasteiger partial charge in [-0.25, -0.2) is 15.0 Å². The van der Waals surface area contributed by atoms with E-state index in [1.807, 2.05) is 19.2 Å². The van der Waals surface area contributed by atoms with Crippen LogP contribution in [0.4, 0.5) is 5.82 Å². The van der Waals surface area contributed by atoms with Crippen molar-refractivity contribution in [3.8, 4) is 0 Å². The number of carbonyl (C=O) groups excluding carboxylic acids is 1. The molecule has 0 radical (unpaired) electrons. The lowest BCUT2D eigenvalue weighted by Crippen LogP contribution is -2.22. The van der Waals surface area contributed by atoms with Crippen LogP contribution in [0.15, 0.2) is 36.0 Å². The molecule has 0 fully saturated rings. The van der Waals surface area contributed by atoms with E-state index in [1.54, 1.807) is 17.7 Å². The molecule has 0 saturated carbocycles. The van der Waals surface area contributed by atoms with Crippen molar-refractivity contribution in [1.82, 2.24) is 20.3 Å². The van der Waals surface area contributed by atoms with Crippen LogP contribution in [0, 0.1) is 13.8 Å². The van der Waals surface area contributed by atoms with E-state index in [4.69, 9.17) is 0 Å². The summed E-state index contributed by atoms with van der Waals surface area (Å²) in [5.41, 5.74) is 4.63. The molecule has 0 bridgehead atoms. The van der Waals surface area contributed by atoms with Crippen LogP contribution in [0.1, 0.15) is 55.9 Å². The van der Waals surface area contributed by atoms with Gasteiger partial charge >= 0.3 is 0 Å². The van der Waals surface area contributed by atoms with E-state index in [-0.39, 0.29) is 11.9 Å². The first-order valence-corrected chi connectivity index (χ1v) is 12.1. The zero-order valence-electron chi connectivity index (χ0n) is 17.4. The highest BCUT2D eigenvalue weighted by atomic mass is 32.1. The van der Waals surface area contributed by atoms with Crippen molar-refractivity contribution in [2.75, 3.05) is 5.32 Å². The average Bonchev–Trinajstić information content (AvgIpc) is 3.36. The summed E-state index contributed by atoms with van der Waals surface area (Å²) in [7, 11) is 0. The van der Waals surface area contributed by atoms with Gasteiger partial charge in [0.1, 0.15) is 22.0 Å². The third kappa shape index (κ3) is 3.93. The minimum Gasteiger partial charge on any atom is -0.363 e. The molecule has 2 N–H and O–H groups in total. The largest absolute Gasteiger partial charge is 0.363 e. The Balaban J connectivity index is 1.42. The van der Waals surface area contributed by atoms with E-state index >= 15 is 0 Å². The monoisotopic (exact) mass is 449 g/mol. The van der Waals surface area contributed by atoms with Gasteiger partial charge < -0.3 is 10.6 Å². The van der Waals surface area contributed by atoms with Crippen molar-refractivity contribution in [3.63, 3.8) is 0 Å². The standard InChI is InChI=1S/C23H23N5OS2/c1-13-11-30-18(27-13)10-24-22(29)20-14(2)19-21(25-12-26-23(19)31-20)28-17-9-5-7-15-6-3-4-8-16(15)17/h3-4,6,8,11-12,17H,5,7,9-10H2,1-2H3,(H,24,29)(H,25,26,28). The van der Waals surface area contributed by atoms with Crippen LogP contribution in [0.25, 0.3) is 10.2 Å². The van der Waals surface area contributed by atoms with Gasteiger partial charge in [-0.15, -0.1) is 22.7 Å². The maximum Gasteiger partial charge on any atom is 0.262 e. The van der Waals surface area contributed by atoms with Gasteiger partial charge in [-0.05, 0) is 49.8 Å². The van der Waals surface area contributed by atoms with Gasteiger partial charge in [-0.2, -0.15) is 0 Å². The fourth-order valence-electron chi connectivity index (χ4n) is 4.19. The fourth-order valence-corrected chi connectivity index (χ4v) is 5.96. The number of nitrogens with one attached hydrogen (secondary N) is 2. The Labute approximate surface area is 188 Å². The first kappa shape index (κ1) is 20.1. The maximum absolute atomic E-state index is 12.9. The number of carbonyl (C=O) groups is 1. The Morgan fingerprint density at radius 1 is 1.23 bits per heavy atom. The Hall–Kier alpha value is -2.84. The number of rotatable bonds is 5. The van der Waals surface area contributed by atoms with Crippen molar-refractivity contribution in [3.05, 3.63) is 68.2 Å². The van der Waals surface area contributed by atoms with E-state index in [9.17, 15) is 4.79 Å². The molecule has 0 aliphatic heterocycles. The number of hydrogen-bond donors (Lipinski definition) is 2. The van der Waals surface area contributed by atoms with Crippen LogP contribution in [-0.2, 0) is 13.0 Å². The third-order valence-electron chi connectivity index (χ3n) is 5.68. The van der Waals surface area contributed by atoms with Gasteiger partial charge in [-0.3, -0.25) is 4.79 Å². The number of aromatic nitrogens is 3. The van der Waals surface area contributed by atoms with E-state index in [0.29, 0.717) is 11.4 Å². The molecule has 3 heterocycles. The second-order valence-corrected chi connectivity index (χ2v) is 9.75. The summed E-state index contributed by atoms with van der Waals surface area (Å²) in [5.74, 6) is 0.706. The molecular weight excluding hydrogens is 426 g/mol. The highest BCUT2D eigenvalue weighted by Gasteiger charge is 2.24. The molecule has 1 unspecified atom stereocenters. The fraction of sp³-hybridized carbons (Fsp3) is 0.304. The predicted molar refractivity (Wildman–Crippen MR) is 126 cm³/mol. The van der Waals surface area contributed by atoms with Crippen molar-refractivity contribution in [2.24, 2.45) is 0 Å². The third-order valence-corrected chi connectivity index (χ3v) is 7.85. The van der Waals surface area contributed by atoms with Crippen molar-refractivity contribution in [1.29, 1.82) is 0 Å². The summed E-state index contributed by atoms with van der Waals surface area (Å²) >= 11 is 2.97. The van der Waals surface area contributed by atoms with E-state index in [0.717, 1.165) is 51.6 Å². The van der Waals surface area contributed by atoms with Crippen LogP contribution in [0.5, 0.6) is 0 Å². The molecule has 8 heteroatoms. The summed E-state index contributed by atoms with van der Waals surface area (Å²) in [6, 6.07) is 8.82. The van der Waals surface area contributed by atoms with Gasteiger partial charge in [0.2, 0.25) is 0 Å². The number of anilines is 1. The molecule has 31 heavy (non-hydrogen) atoms. The first-order chi connectivity index (χ1) is 15.1. The molecule has 3 aromatic heterocycles. The molecule has 4 aromatic rings. The van der Waals surface area contributed by atoms with E-state index in [1.165, 1.54) is 22.5 Å². The minimum absolute atomic E-state index is 0.0951. The van der Waals surface area contributed by atoms with Crippen molar-refractivity contribution in [2.45, 2.75) is 45.7 Å². The zero-order chi connectivity index (χ0) is 21.4. The minimum atomic E-state index is -0.0951. The molecule has 1 aliphatic carbocycles. The summed E-state index contributed by atoms with van der Waals surface area (Å²) < 4.78 is 0. The topological polar surface area (TPSA) is 79.8 Å². The second-order valence-electron chi connectivity index (χ2n) is 7.81. The van der Waals surface area contributed by atoms with Gasteiger partial charge in [0, 0.05) is 11.1 Å². The quantitative estimate of drug-likeness (QED) is 0.439. The normalized spacial score (nSPS) is 15.6. The number of hydrogen-bond acceptors (Lipinski definition) is 7. The molecule has 1 aliphatic rings. The predicted octanol–water partition coefficient (Wildman–Crippen LogP) is 5.18. The Kier molecular flexibility index (Phi) is 5.41. The summed E-state index contributed by atoms with van der Waals surface area (Å²) in [6.07, 6.45) is 4.91.